The number of piperidine rings is 2. The fourth-order valence-electron chi connectivity index (χ4n) is 12.5. The molecule has 0 bridgehead atoms. The van der Waals surface area contributed by atoms with E-state index in [0.29, 0.717) is 48.1 Å². The number of halogens is 1. The maximum atomic E-state index is 12.8. The molecule has 13 nitrogen and oxygen atoms in total. The highest BCUT2D eigenvalue weighted by atomic mass is 35.5. The summed E-state index contributed by atoms with van der Waals surface area (Å²) in [4.78, 5) is 50.2. The summed E-state index contributed by atoms with van der Waals surface area (Å²) in [7, 11) is 0. The van der Waals surface area contributed by atoms with Crippen molar-refractivity contribution in [3.63, 3.8) is 0 Å². The zero-order valence-corrected chi connectivity index (χ0v) is 37.5. The zero-order valence-electron chi connectivity index (χ0n) is 36.7. The molecule has 8 heterocycles. The lowest BCUT2D eigenvalue weighted by Gasteiger charge is -2.52. The molecule has 59 heavy (non-hydrogen) atoms. The lowest BCUT2D eigenvalue weighted by molar-refractivity contribution is -0.0152. The molecule has 2 aliphatic carbocycles. The highest BCUT2D eigenvalue weighted by Crippen LogP contribution is 2.52. The minimum Gasteiger partial charge on any atom is -0.450 e. The van der Waals surface area contributed by atoms with E-state index in [2.05, 4.69) is 25.3 Å². The summed E-state index contributed by atoms with van der Waals surface area (Å²) >= 11 is 0. The van der Waals surface area contributed by atoms with Crippen LogP contribution in [0.15, 0.2) is 0 Å². The average Bonchev–Trinajstić information content (AvgIpc) is 4.00. The molecule has 0 aromatic rings. The Morgan fingerprint density at radius 3 is 1.51 bits per heavy atom. The van der Waals surface area contributed by atoms with Crippen LogP contribution in [0.1, 0.15) is 117 Å². The maximum absolute atomic E-state index is 12.8. The summed E-state index contributed by atoms with van der Waals surface area (Å²) in [5.41, 5.74) is 0.751. The topological polar surface area (TPSA) is 113 Å². The molecule has 2 unspecified atom stereocenters. The smallest absolute Gasteiger partial charge is 0.409 e. The van der Waals surface area contributed by atoms with Gasteiger partial charge in [-0.05, 0) is 185 Å². The van der Waals surface area contributed by atoms with Crippen molar-refractivity contribution in [2.75, 3.05) is 105 Å². The van der Waals surface area contributed by atoms with Gasteiger partial charge in [0.05, 0.1) is 13.2 Å². The number of hydrogen-bond donors (Lipinski definition) is 2. The van der Waals surface area contributed by atoms with E-state index >= 15 is 0 Å². The first-order valence-electron chi connectivity index (χ1n) is 24.1. The fourth-order valence-corrected chi connectivity index (χ4v) is 12.5. The second kappa shape index (κ2) is 20.4. The third kappa shape index (κ3) is 10.4. The zero-order chi connectivity index (χ0) is 40.1. The van der Waals surface area contributed by atoms with E-state index in [-0.39, 0.29) is 24.6 Å². The van der Waals surface area contributed by atoms with Crippen molar-refractivity contribution in [1.82, 2.24) is 40.0 Å². The van der Waals surface area contributed by atoms with E-state index < -0.39 is 0 Å². The van der Waals surface area contributed by atoms with Gasteiger partial charge in [-0.2, -0.15) is 0 Å². The van der Waals surface area contributed by atoms with Gasteiger partial charge in [0, 0.05) is 70.0 Å². The van der Waals surface area contributed by atoms with Gasteiger partial charge in [0.15, 0.2) is 0 Å². The number of rotatable bonds is 6. The number of amides is 4. The van der Waals surface area contributed by atoms with Crippen LogP contribution in [0.3, 0.4) is 0 Å². The number of carbonyl (C=O) groups excluding carboxylic acids is 3. The summed E-state index contributed by atoms with van der Waals surface area (Å²) < 4.78 is 10.4. The van der Waals surface area contributed by atoms with Gasteiger partial charge in [0.1, 0.15) is 0 Å². The first-order chi connectivity index (χ1) is 28.3. The molecule has 4 amide bonds. The molecule has 10 rings (SSSR count). The van der Waals surface area contributed by atoms with Crippen LogP contribution in [0.2, 0.25) is 0 Å². The monoisotopic (exact) mass is 847 g/mol. The van der Waals surface area contributed by atoms with E-state index in [4.69, 9.17) is 9.47 Å². The Balaban J connectivity index is 0.000000164. The van der Waals surface area contributed by atoms with Crippen molar-refractivity contribution in [3.05, 3.63) is 0 Å². The number of ether oxygens (including phenoxy) is 2. The van der Waals surface area contributed by atoms with Crippen LogP contribution in [-0.2, 0) is 9.47 Å². The van der Waals surface area contributed by atoms with Crippen LogP contribution in [-0.4, -0.2) is 177 Å². The van der Waals surface area contributed by atoms with E-state index in [9.17, 15) is 14.4 Å². The number of hydrogen-bond acceptors (Lipinski definition) is 9. The maximum Gasteiger partial charge on any atom is 0.409 e. The number of likely N-dealkylation sites (tertiary alicyclic amines) is 6. The molecular weight excluding hydrogens is 768 g/mol. The molecule has 2 saturated carbocycles. The standard InChI is InChI=1S/C23H38N4O3.C19H33N3O2.C3H7N.ClH/c1-2-30-22(29)26-14-8-23(17-26)15-19(16-23)24-12-6-18(7-13-24)20-5-3-11-27(20)21(28)25-9-4-10-25;1-2-24-18(23)22-11-7-19(14-22)12-16(13-19)21-9-5-15(6-10-21)17-4-3-8-20-17;1-2-4-3-1;/h18-20H,2-17H2,1H3;15-17,20H,2-14H2,1H3;4H,1-3H2;1H. The molecule has 8 saturated heterocycles. The van der Waals surface area contributed by atoms with Crippen molar-refractivity contribution in [2.24, 2.45) is 22.7 Å². The Bertz CT molecular complexity index is 1360. The number of nitrogens with one attached hydrogen (secondary N) is 2. The quantitative estimate of drug-likeness (QED) is 0.340. The number of nitrogens with zero attached hydrogens (tertiary/aromatic N) is 6. The van der Waals surface area contributed by atoms with Gasteiger partial charge in [-0.15, -0.1) is 12.4 Å². The first kappa shape index (κ1) is 45.0. The van der Waals surface area contributed by atoms with E-state index in [1.165, 1.54) is 142 Å². The molecule has 8 aliphatic heterocycles. The van der Waals surface area contributed by atoms with Crippen LogP contribution < -0.4 is 10.6 Å². The Morgan fingerprint density at radius 1 is 0.576 bits per heavy atom. The average molecular weight is 848 g/mol. The van der Waals surface area contributed by atoms with Gasteiger partial charge in [-0.3, -0.25) is 0 Å². The van der Waals surface area contributed by atoms with Crippen LogP contribution in [0.5, 0.6) is 0 Å². The third-order valence-electron chi connectivity index (χ3n) is 16.4. The van der Waals surface area contributed by atoms with Crippen molar-refractivity contribution in [2.45, 2.75) is 141 Å². The fraction of sp³-hybridized carbons (Fsp3) is 0.933. The van der Waals surface area contributed by atoms with Crippen molar-refractivity contribution in [1.29, 1.82) is 0 Å². The molecule has 0 aromatic carbocycles. The second-order valence-electron chi connectivity index (χ2n) is 19.9. The molecule has 10 aliphatic rings. The first-order valence-corrected chi connectivity index (χ1v) is 24.1. The third-order valence-corrected chi connectivity index (χ3v) is 16.4. The number of urea groups is 1. The second-order valence-corrected chi connectivity index (χ2v) is 19.9. The molecule has 0 aromatic heterocycles. The van der Waals surface area contributed by atoms with Gasteiger partial charge in [-0.25, -0.2) is 14.4 Å². The van der Waals surface area contributed by atoms with Gasteiger partial charge in [-0.1, -0.05) is 0 Å². The molecular formula is C45H79ClN8O5. The van der Waals surface area contributed by atoms with Crippen molar-refractivity contribution in [3.8, 4) is 0 Å². The van der Waals surface area contributed by atoms with Gasteiger partial charge >= 0.3 is 18.2 Å². The van der Waals surface area contributed by atoms with Crippen molar-refractivity contribution < 1.29 is 23.9 Å². The predicted octanol–water partition coefficient (Wildman–Crippen LogP) is 5.86. The SMILES string of the molecule is C1CNC1.CCOC(=O)N1CCC2(CC(N3CCC(C4CCCN4)CC3)C2)C1.CCOC(=O)N1CCC2(CC(N3CCC(C4CCCN4C(=O)N4CCC4)CC3)C2)C1.Cl. The van der Waals surface area contributed by atoms with Crippen LogP contribution in [0.25, 0.3) is 0 Å². The minimum absolute atomic E-state index is 0. The van der Waals surface area contributed by atoms with Crippen molar-refractivity contribution >= 4 is 30.6 Å². The molecule has 336 valence electrons. The van der Waals surface area contributed by atoms with Gasteiger partial charge in [0.25, 0.3) is 0 Å². The lowest BCUT2D eigenvalue weighted by atomic mass is 9.64. The predicted molar refractivity (Wildman–Crippen MR) is 233 cm³/mol. The normalized spacial score (nSPS) is 34.7. The summed E-state index contributed by atoms with van der Waals surface area (Å²) in [5, 5.41) is 6.81. The highest BCUT2D eigenvalue weighted by molar-refractivity contribution is 5.85. The molecule has 0 radical (unpaired) electrons. The Kier molecular flexibility index (Phi) is 15.6. The largest absolute Gasteiger partial charge is 0.450 e. The lowest BCUT2D eigenvalue weighted by Crippen LogP contribution is -2.56. The van der Waals surface area contributed by atoms with Crippen LogP contribution in [0, 0.1) is 22.7 Å². The van der Waals surface area contributed by atoms with Crippen LogP contribution >= 0.6 is 12.4 Å². The van der Waals surface area contributed by atoms with E-state index in [1.807, 2.05) is 28.5 Å². The Labute approximate surface area is 361 Å². The summed E-state index contributed by atoms with van der Waals surface area (Å²) in [6, 6.07) is 3.04. The van der Waals surface area contributed by atoms with Gasteiger partial charge < -0.3 is 49.5 Å². The Hall–Kier alpha value is -2.06. The highest BCUT2D eigenvalue weighted by Gasteiger charge is 2.53. The van der Waals surface area contributed by atoms with E-state index in [0.717, 1.165) is 70.2 Å². The molecule has 2 N–H and O–H groups in total. The van der Waals surface area contributed by atoms with E-state index in [1.54, 1.807) is 0 Å². The molecule has 14 heteroatoms. The molecule has 10 fully saturated rings. The Morgan fingerprint density at radius 2 is 1.08 bits per heavy atom. The summed E-state index contributed by atoms with van der Waals surface area (Å²) in [6.07, 6.45) is 20.0. The summed E-state index contributed by atoms with van der Waals surface area (Å²) in [5.74, 6) is 1.58. The minimum atomic E-state index is -0.132. The molecule has 2 spiro atoms. The van der Waals surface area contributed by atoms with Gasteiger partial charge in [0.2, 0.25) is 0 Å². The van der Waals surface area contributed by atoms with Crippen LogP contribution in [0.4, 0.5) is 14.4 Å². The molecule has 2 atom stereocenters. The number of carbonyl (C=O) groups is 3. The summed E-state index contributed by atoms with van der Waals surface area (Å²) in [6.45, 7) is 19.8.